The number of thiophene rings is 1. The smallest absolute Gasteiger partial charge is 0.250 e. The molecule has 1 heterocycles. The highest BCUT2D eigenvalue weighted by Crippen LogP contribution is 2.49. The van der Waals surface area contributed by atoms with Gasteiger partial charge in [-0.25, -0.2) is 13.1 Å². The first-order chi connectivity index (χ1) is 9.51. The van der Waals surface area contributed by atoms with Gasteiger partial charge in [0.1, 0.15) is 4.21 Å². The Morgan fingerprint density at radius 1 is 1.35 bits per heavy atom. The Balaban J connectivity index is 1.94. The van der Waals surface area contributed by atoms with Crippen LogP contribution in [0.15, 0.2) is 16.3 Å². The minimum atomic E-state index is -3.33. The molecule has 114 valence electrons. The van der Waals surface area contributed by atoms with Crippen LogP contribution in [0.1, 0.15) is 37.5 Å². The van der Waals surface area contributed by atoms with Crippen LogP contribution in [0.4, 0.5) is 0 Å². The Hall–Kier alpha value is -0.430. The van der Waals surface area contributed by atoms with Crippen molar-refractivity contribution in [2.24, 2.45) is 5.41 Å². The molecule has 0 bridgehead atoms. The van der Waals surface area contributed by atoms with Gasteiger partial charge in [0.15, 0.2) is 0 Å². The van der Waals surface area contributed by atoms with Gasteiger partial charge in [0, 0.05) is 11.4 Å². The maximum absolute atomic E-state index is 12.3. The molecule has 1 aromatic rings. The first kappa shape index (κ1) is 15.9. The third kappa shape index (κ3) is 4.04. The minimum Gasteiger partial charge on any atom is -0.319 e. The zero-order valence-electron chi connectivity index (χ0n) is 12.2. The lowest BCUT2D eigenvalue weighted by atomic mass is 10.0. The van der Waals surface area contributed by atoms with Crippen LogP contribution in [-0.4, -0.2) is 28.6 Å². The summed E-state index contributed by atoms with van der Waals surface area (Å²) in [5, 5.41) is 3.07. The van der Waals surface area contributed by atoms with Crippen LogP contribution >= 0.6 is 11.3 Å². The van der Waals surface area contributed by atoms with Crippen LogP contribution in [0, 0.1) is 5.41 Å². The highest BCUT2D eigenvalue weighted by Gasteiger charge is 2.42. The van der Waals surface area contributed by atoms with Gasteiger partial charge < -0.3 is 5.32 Å². The van der Waals surface area contributed by atoms with Gasteiger partial charge in [0.05, 0.1) is 0 Å². The summed E-state index contributed by atoms with van der Waals surface area (Å²) in [5.74, 6) is 0. The summed E-state index contributed by atoms with van der Waals surface area (Å²) < 4.78 is 27.8. The average molecular weight is 316 g/mol. The van der Waals surface area contributed by atoms with Crippen molar-refractivity contribution in [1.82, 2.24) is 10.0 Å². The Bertz CT molecular complexity index is 533. The highest BCUT2D eigenvalue weighted by molar-refractivity contribution is 7.91. The second-order valence-electron chi connectivity index (χ2n) is 5.65. The topological polar surface area (TPSA) is 58.2 Å². The molecule has 20 heavy (non-hydrogen) atoms. The molecule has 0 amide bonds. The van der Waals surface area contributed by atoms with E-state index in [1.54, 1.807) is 6.07 Å². The molecule has 0 aromatic carbocycles. The normalized spacial score (nSPS) is 17.3. The maximum atomic E-state index is 12.3. The standard InChI is InChI=1S/C14H24N2O2S2/c1-3-7-14(8-9-14)11-16-20(17,18)13-5-4-12(19-13)6-10-15-2/h4-5,15-16H,3,6-11H2,1-2H3. The monoisotopic (exact) mass is 316 g/mol. The number of nitrogens with one attached hydrogen (secondary N) is 2. The van der Waals surface area contributed by atoms with Crippen LogP contribution in [0.2, 0.25) is 0 Å². The van der Waals surface area contributed by atoms with Crippen LogP contribution in [-0.2, 0) is 16.4 Å². The van der Waals surface area contributed by atoms with Gasteiger partial charge in [-0.3, -0.25) is 0 Å². The van der Waals surface area contributed by atoms with E-state index < -0.39 is 10.0 Å². The summed E-state index contributed by atoms with van der Waals surface area (Å²) in [7, 11) is -1.43. The van der Waals surface area contributed by atoms with E-state index in [9.17, 15) is 8.42 Å². The number of rotatable bonds is 9. The van der Waals surface area contributed by atoms with Gasteiger partial charge >= 0.3 is 0 Å². The molecule has 1 fully saturated rings. The quantitative estimate of drug-likeness (QED) is 0.735. The number of hydrogen-bond acceptors (Lipinski definition) is 4. The van der Waals surface area contributed by atoms with Gasteiger partial charge in [0.25, 0.3) is 0 Å². The van der Waals surface area contributed by atoms with E-state index >= 15 is 0 Å². The van der Waals surface area contributed by atoms with Gasteiger partial charge in [-0.2, -0.15) is 0 Å². The van der Waals surface area contributed by atoms with E-state index in [2.05, 4.69) is 17.0 Å². The largest absolute Gasteiger partial charge is 0.319 e. The molecule has 0 saturated heterocycles. The molecular formula is C14H24N2O2S2. The lowest BCUT2D eigenvalue weighted by molar-refractivity contribution is 0.449. The van der Waals surface area contributed by atoms with Gasteiger partial charge in [0.2, 0.25) is 10.0 Å². The van der Waals surface area contributed by atoms with Crippen molar-refractivity contribution in [3.05, 3.63) is 17.0 Å². The molecule has 1 aliphatic carbocycles. The Kier molecular flexibility index (Phi) is 5.23. The third-order valence-electron chi connectivity index (χ3n) is 3.90. The molecular weight excluding hydrogens is 292 g/mol. The second kappa shape index (κ2) is 6.56. The molecule has 0 radical (unpaired) electrons. The lowest BCUT2D eigenvalue weighted by Gasteiger charge is -2.14. The van der Waals surface area contributed by atoms with E-state index in [4.69, 9.17) is 0 Å². The number of sulfonamides is 1. The summed E-state index contributed by atoms with van der Waals surface area (Å²) >= 11 is 1.37. The minimum absolute atomic E-state index is 0.244. The van der Waals surface area contributed by atoms with Crippen LogP contribution in [0.25, 0.3) is 0 Å². The molecule has 2 N–H and O–H groups in total. The van der Waals surface area contributed by atoms with Gasteiger partial charge in [-0.05, 0) is 56.8 Å². The fraction of sp³-hybridized carbons (Fsp3) is 0.714. The van der Waals surface area contributed by atoms with Crippen LogP contribution in [0.5, 0.6) is 0 Å². The summed E-state index contributed by atoms with van der Waals surface area (Å²) in [4.78, 5) is 1.11. The van der Waals surface area contributed by atoms with Crippen molar-refractivity contribution < 1.29 is 8.42 Å². The van der Waals surface area contributed by atoms with E-state index in [-0.39, 0.29) is 5.41 Å². The molecule has 0 spiro atoms. The molecule has 1 aromatic heterocycles. The Morgan fingerprint density at radius 3 is 2.70 bits per heavy atom. The third-order valence-corrected chi connectivity index (χ3v) is 6.94. The Labute approximate surface area is 126 Å². The zero-order valence-corrected chi connectivity index (χ0v) is 13.9. The summed E-state index contributed by atoms with van der Waals surface area (Å²) in [5.41, 5.74) is 0.244. The van der Waals surface area contributed by atoms with Crippen molar-refractivity contribution >= 4 is 21.4 Å². The molecule has 0 aliphatic heterocycles. The molecule has 4 nitrogen and oxygen atoms in total. The first-order valence-electron chi connectivity index (χ1n) is 7.24. The summed E-state index contributed by atoms with van der Waals surface area (Å²) in [6.07, 6.45) is 5.42. The zero-order chi connectivity index (χ0) is 14.6. The highest BCUT2D eigenvalue weighted by atomic mass is 32.2. The lowest BCUT2D eigenvalue weighted by Crippen LogP contribution is -2.29. The SMILES string of the molecule is CCCC1(CNS(=O)(=O)c2ccc(CCNC)s2)CC1. The van der Waals surface area contributed by atoms with Crippen LogP contribution < -0.4 is 10.0 Å². The average Bonchev–Trinajstić information content (AvgIpc) is 3.01. The molecule has 6 heteroatoms. The Morgan fingerprint density at radius 2 is 2.10 bits per heavy atom. The predicted octanol–water partition coefficient (Wildman–Crippen LogP) is 2.37. The van der Waals surface area contributed by atoms with Crippen molar-refractivity contribution in [3.8, 4) is 0 Å². The molecule has 0 atom stereocenters. The van der Waals surface area contributed by atoms with Gasteiger partial charge in [-0.1, -0.05) is 13.3 Å². The number of likely N-dealkylation sites (N-methyl/N-ethyl adjacent to an activating group) is 1. The van der Waals surface area contributed by atoms with Crippen molar-refractivity contribution in [2.45, 2.75) is 43.2 Å². The van der Waals surface area contributed by atoms with E-state index in [1.807, 2.05) is 13.1 Å². The molecule has 1 aliphatic rings. The molecule has 1 saturated carbocycles. The van der Waals surface area contributed by atoms with Crippen molar-refractivity contribution in [3.63, 3.8) is 0 Å². The van der Waals surface area contributed by atoms with E-state index in [1.165, 1.54) is 11.3 Å². The van der Waals surface area contributed by atoms with Crippen molar-refractivity contribution in [1.29, 1.82) is 0 Å². The summed E-state index contributed by atoms with van der Waals surface area (Å²) in [6.45, 7) is 3.61. The molecule has 0 unspecified atom stereocenters. The first-order valence-corrected chi connectivity index (χ1v) is 9.54. The maximum Gasteiger partial charge on any atom is 0.250 e. The van der Waals surface area contributed by atoms with Gasteiger partial charge in [-0.15, -0.1) is 11.3 Å². The predicted molar refractivity (Wildman–Crippen MR) is 83.7 cm³/mol. The summed E-state index contributed by atoms with van der Waals surface area (Å²) in [6, 6.07) is 3.63. The van der Waals surface area contributed by atoms with Crippen LogP contribution in [0.3, 0.4) is 0 Å². The fourth-order valence-corrected chi connectivity index (χ4v) is 4.98. The number of hydrogen-bond donors (Lipinski definition) is 2. The van der Waals surface area contributed by atoms with E-state index in [0.717, 1.165) is 43.5 Å². The van der Waals surface area contributed by atoms with Crippen molar-refractivity contribution in [2.75, 3.05) is 20.1 Å². The molecule has 2 rings (SSSR count). The fourth-order valence-electron chi connectivity index (χ4n) is 2.43. The second-order valence-corrected chi connectivity index (χ2v) is 8.81. The van der Waals surface area contributed by atoms with E-state index in [0.29, 0.717) is 10.8 Å².